The van der Waals surface area contributed by atoms with Crippen molar-refractivity contribution in [2.75, 3.05) is 12.9 Å². The number of nitrogens with zero attached hydrogens (tertiary/aromatic N) is 3. The second kappa shape index (κ2) is 9.10. The van der Waals surface area contributed by atoms with Crippen LogP contribution in [0.4, 0.5) is 0 Å². The van der Waals surface area contributed by atoms with Crippen molar-refractivity contribution >= 4 is 29.3 Å². The Kier molecular flexibility index (Phi) is 6.73. The predicted molar refractivity (Wildman–Crippen MR) is 122 cm³/mol. The van der Waals surface area contributed by atoms with Crippen molar-refractivity contribution in [3.63, 3.8) is 0 Å². The number of hydrogen-bond donors (Lipinski definition) is 1. The zero-order valence-corrected chi connectivity index (χ0v) is 19.0. The highest BCUT2D eigenvalue weighted by Gasteiger charge is 2.19. The molecule has 6 nitrogen and oxygen atoms in total. The third kappa shape index (κ3) is 4.96. The van der Waals surface area contributed by atoms with Crippen molar-refractivity contribution in [3.05, 3.63) is 53.1 Å². The van der Waals surface area contributed by atoms with Crippen LogP contribution in [0, 0.1) is 0 Å². The van der Waals surface area contributed by atoms with Crippen molar-refractivity contribution in [3.8, 4) is 22.8 Å². The van der Waals surface area contributed by atoms with E-state index in [-0.39, 0.29) is 17.7 Å². The van der Waals surface area contributed by atoms with Gasteiger partial charge in [0.05, 0.1) is 17.8 Å². The van der Waals surface area contributed by atoms with Crippen LogP contribution in [-0.4, -0.2) is 33.5 Å². The lowest BCUT2D eigenvalue weighted by molar-refractivity contribution is -0.117. The van der Waals surface area contributed by atoms with Crippen molar-refractivity contribution in [2.45, 2.75) is 37.8 Å². The average molecular weight is 445 g/mol. The van der Waals surface area contributed by atoms with E-state index in [9.17, 15) is 4.79 Å². The number of benzene rings is 2. The summed E-state index contributed by atoms with van der Waals surface area (Å²) < 4.78 is 7.20. The summed E-state index contributed by atoms with van der Waals surface area (Å²) in [4.78, 5) is 11.1. The standard InChI is InChI=1S/C22H25ClN4O2S/c1-22(2,3)15-7-5-14(6-8-15)20-25-26-21(30-12-11-19(24)28)27(20)16-9-10-18(29-4)17(23)13-16/h5-10,13H,11-12H2,1-4H3,(H2,24,28). The zero-order valence-electron chi connectivity index (χ0n) is 17.5. The molecule has 2 N–H and O–H groups in total. The van der Waals surface area contributed by atoms with Gasteiger partial charge >= 0.3 is 0 Å². The first kappa shape index (κ1) is 22.2. The minimum absolute atomic E-state index is 0.0610. The summed E-state index contributed by atoms with van der Waals surface area (Å²) in [5, 5.41) is 9.94. The van der Waals surface area contributed by atoms with Crippen molar-refractivity contribution in [1.29, 1.82) is 0 Å². The Hall–Kier alpha value is -2.51. The van der Waals surface area contributed by atoms with Crippen LogP contribution in [0.15, 0.2) is 47.6 Å². The maximum absolute atomic E-state index is 11.1. The molecule has 1 aromatic heterocycles. The molecular formula is C22H25ClN4O2S. The van der Waals surface area contributed by atoms with Crippen molar-refractivity contribution in [1.82, 2.24) is 14.8 Å². The van der Waals surface area contributed by atoms with Gasteiger partial charge in [0.15, 0.2) is 11.0 Å². The Bertz CT molecular complexity index is 1040. The molecule has 2 aromatic carbocycles. The number of nitrogens with two attached hydrogens (primary N) is 1. The number of carbonyl (C=O) groups excluding carboxylic acids is 1. The molecular weight excluding hydrogens is 420 g/mol. The Balaban J connectivity index is 2.06. The maximum atomic E-state index is 11.1. The monoisotopic (exact) mass is 444 g/mol. The van der Waals surface area contributed by atoms with Gasteiger partial charge in [0.2, 0.25) is 5.91 Å². The van der Waals surface area contributed by atoms with E-state index >= 15 is 0 Å². The number of amides is 1. The zero-order chi connectivity index (χ0) is 21.9. The van der Waals surface area contributed by atoms with Gasteiger partial charge in [0.25, 0.3) is 0 Å². The first-order chi connectivity index (χ1) is 14.2. The molecule has 0 fully saturated rings. The number of primary amides is 1. The second-order valence-electron chi connectivity index (χ2n) is 7.85. The molecule has 0 saturated carbocycles. The molecule has 0 bridgehead atoms. The van der Waals surface area contributed by atoms with E-state index in [0.29, 0.717) is 27.5 Å². The van der Waals surface area contributed by atoms with Gasteiger partial charge in [-0.25, -0.2) is 0 Å². The van der Waals surface area contributed by atoms with Crippen LogP contribution in [0.2, 0.25) is 5.02 Å². The molecule has 30 heavy (non-hydrogen) atoms. The Morgan fingerprint density at radius 3 is 2.43 bits per heavy atom. The molecule has 158 valence electrons. The summed E-state index contributed by atoms with van der Waals surface area (Å²) in [6.07, 6.45) is 0.260. The van der Waals surface area contributed by atoms with Crippen LogP contribution in [0.3, 0.4) is 0 Å². The summed E-state index contributed by atoms with van der Waals surface area (Å²) in [7, 11) is 1.58. The third-order valence-corrected chi connectivity index (χ3v) is 5.84. The van der Waals surface area contributed by atoms with Crippen LogP contribution in [-0.2, 0) is 10.2 Å². The summed E-state index contributed by atoms with van der Waals surface area (Å²) >= 11 is 7.79. The first-order valence-electron chi connectivity index (χ1n) is 9.52. The van der Waals surface area contributed by atoms with Gasteiger partial charge in [0, 0.05) is 17.7 Å². The lowest BCUT2D eigenvalue weighted by atomic mass is 9.87. The smallest absolute Gasteiger partial charge is 0.218 e. The van der Waals surface area contributed by atoms with Crippen molar-refractivity contribution < 1.29 is 9.53 Å². The number of carbonyl (C=O) groups is 1. The fraction of sp³-hybridized carbons (Fsp3) is 0.318. The Labute approximate surface area is 185 Å². The molecule has 1 heterocycles. The lowest BCUT2D eigenvalue weighted by Gasteiger charge is -2.19. The topological polar surface area (TPSA) is 83.0 Å². The van der Waals surface area contributed by atoms with E-state index in [0.717, 1.165) is 11.3 Å². The highest BCUT2D eigenvalue weighted by Crippen LogP contribution is 2.33. The van der Waals surface area contributed by atoms with Crippen LogP contribution in [0.5, 0.6) is 5.75 Å². The van der Waals surface area contributed by atoms with Gasteiger partial charge in [-0.3, -0.25) is 9.36 Å². The van der Waals surface area contributed by atoms with E-state index in [1.165, 1.54) is 17.3 Å². The SMILES string of the molecule is COc1ccc(-n2c(SCCC(N)=O)nnc2-c2ccc(C(C)(C)C)cc2)cc1Cl. The second-order valence-corrected chi connectivity index (χ2v) is 9.32. The van der Waals surface area contributed by atoms with Crippen LogP contribution in [0.1, 0.15) is 32.8 Å². The molecule has 0 atom stereocenters. The van der Waals surface area contributed by atoms with Crippen molar-refractivity contribution in [2.24, 2.45) is 5.73 Å². The van der Waals surface area contributed by atoms with Gasteiger partial charge in [-0.2, -0.15) is 0 Å². The minimum Gasteiger partial charge on any atom is -0.495 e. The van der Waals surface area contributed by atoms with Gasteiger partial charge in [0.1, 0.15) is 5.75 Å². The van der Waals surface area contributed by atoms with Gasteiger partial charge in [-0.05, 0) is 29.2 Å². The number of hydrogen-bond acceptors (Lipinski definition) is 5. The highest BCUT2D eigenvalue weighted by atomic mass is 35.5. The molecule has 0 unspecified atom stereocenters. The summed E-state index contributed by atoms with van der Waals surface area (Å²) in [6.45, 7) is 6.53. The molecule has 0 aliphatic carbocycles. The highest BCUT2D eigenvalue weighted by molar-refractivity contribution is 7.99. The van der Waals surface area contributed by atoms with Gasteiger partial charge in [-0.1, -0.05) is 68.4 Å². The number of aromatic nitrogens is 3. The minimum atomic E-state index is -0.348. The first-order valence-corrected chi connectivity index (χ1v) is 10.9. The molecule has 3 aromatic rings. The van der Waals surface area contributed by atoms with E-state index in [1.807, 2.05) is 34.9 Å². The molecule has 0 saturated heterocycles. The van der Waals surface area contributed by atoms with E-state index in [2.05, 4.69) is 43.1 Å². The number of thioether (sulfide) groups is 1. The van der Waals surface area contributed by atoms with Gasteiger partial charge in [-0.15, -0.1) is 10.2 Å². The molecule has 3 rings (SSSR count). The van der Waals surface area contributed by atoms with Crippen LogP contribution >= 0.6 is 23.4 Å². The quantitative estimate of drug-likeness (QED) is 0.526. The van der Waals surface area contributed by atoms with Crippen LogP contribution in [0.25, 0.3) is 17.1 Å². The van der Waals surface area contributed by atoms with E-state index in [4.69, 9.17) is 22.1 Å². The molecule has 0 radical (unpaired) electrons. The molecule has 1 amide bonds. The Morgan fingerprint density at radius 2 is 1.87 bits per heavy atom. The lowest BCUT2D eigenvalue weighted by Crippen LogP contribution is -2.11. The number of halogens is 1. The van der Waals surface area contributed by atoms with Crippen LogP contribution < -0.4 is 10.5 Å². The van der Waals surface area contributed by atoms with E-state index < -0.39 is 0 Å². The maximum Gasteiger partial charge on any atom is 0.218 e. The number of rotatable bonds is 7. The Morgan fingerprint density at radius 1 is 1.17 bits per heavy atom. The normalized spacial score (nSPS) is 11.5. The fourth-order valence-corrected chi connectivity index (χ4v) is 4.10. The molecule has 0 spiro atoms. The molecule has 0 aliphatic rings. The number of methoxy groups -OCH3 is 1. The third-order valence-electron chi connectivity index (χ3n) is 4.62. The summed E-state index contributed by atoms with van der Waals surface area (Å²) in [5.74, 6) is 1.45. The van der Waals surface area contributed by atoms with E-state index in [1.54, 1.807) is 7.11 Å². The fourth-order valence-electron chi connectivity index (χ4n) is 2.94. The summed E-state index contributed by atoms with van der Waals surface area (Å²) in [6, 6.07) is 13.8. The van der Waals surface area contributed by atoms with Gasteiger partial charge < -0.3 is 10.5 Å². The largest absolute Gasteiger partial charge is 0.495 e. The summed E-state index contributed by atoms with van der Waals surface area (Å²) in [5.41, 5.74) is 8.32. The molecule has 8 heteroatoms. The average Bonchev–Trinajstić information content (AvgIpc) is 3.11. The molecule has 0 aliphatic heterocycles. The predicted octanol–water partition coefficient (Wildman–Crippen LogP) is 4.86. The number of ether oxygens (including phenoxy) is 1.